The third kappa shape index (κ3) is 2.99. The van der Waals surface area contributed by atoms with E-state index in [2.05, 4.69) is 5.10 Å². The number of hydrogen-bond donors (Lipinski definition) is 0. The molecule has 1 aromatic heterocycles. The maximum atomic E-state index is 6.17. The Kier molecular flexibility index (Phi) is 4.61. The van der Waals surface area contributed by atoms with Crippen LogP contribution in [0.2, 0.25) is 10.0 Å². The highest BCUT2D eigenvalue weighted by Crippen LogP contribution is 2.31. The van der Waals surface area contributed by atoms with E-state index in [-0.39, 0.29) is 0 Å². The molecule has 0 fully saturated rings. The van der Waals surface area contributed by atoms with Crippen LogP contribution in [0.3, 0.4) is 0 Å². The standard InChI is InChI=1S/C13H13Cl3N2O/c1-8-12(16)11(18(2)17-8)7-19-13-9(6-14)4-3-5-10(13)15/h3-5H,6-7H2,1-2H3. The van der Waals surface area contributed by atoms with Gasteiger partial charge in [0, 0.05) is 12.6 Å². The van der Waals surface area contributed by atoms with Crippen LogP contribution in [0.25, 0.3) is 0 Å². The summed E-state index contributed by atoms with van der Waals surface area (Å²) in [5, 5.41) is 5.38. The van der Waals surface area contributed by atoms with Crippen molar-refractivity contribution in [1.29, 1.82) is 0 Å². The lowest BCUT2D eigenvalue weighted by Crippen LogP contribution is -2.05. The predicted octanol–water partition coefficient (Wildman–Crippen LogP) is 4.35. The lowest BCUT2D eigenvalue weighted by atomic mass is 10.2. The van der Waals surface area contributed by atoms with Crippen LogP contribution < -0.4 is 4.74 Å². The summed E-state index contributed by atoms with van der Waals surface area (Å²) in [6.45, 7) is 2.15. The minimum absolute atomic E-state index is 0.295. The molecule has 2 aromatic rings. The van der Waals surface area contributed by atoms with Gasteiger partial charge >= 0.3 is 0 Å². The predicted molar refractivity (Wildman–Crippen MR) is 78.3 cm³/mol. The van der Waals surface area contributed by atoms with Gasteiger partial charge in [-0.2, -0.15) is 5.10 Å². The maximum Gasteiger partial charge on any atom is 0.142 e. The molecule has 0 amide bonds. The molecule has 0 radical (unpaired) electrons. The van der Waals surface area contributed by atoms with Gasteiger partial charge in [0.1, 0.15) is 12.4 Å². The number of nitrogens with zero attached hydrogens (tertiary/aromatic N) is 2. The van der Waals surface area contributed by atoms with E-state index in [0.717, 1.165) is 17.0 Å². The van der Waals surface area contributed by atoms with Gasteiger partial charge in [0.25, 0.3) is 0 Å². The molecular weight excluding hydrogens is 307 g/mol. The van der Waals surface area contributed by atoms with Crippen LogP contribution >= 0.6 is 34.8 Å². The van der Waals surface area contributed by atoms with E-state index in [1.54, 1.807) is 10.7 Å². The summed E-state index contributed by atoms with van der Waals surface area (Å²) in [4.78, 5) is 0. The van der Waals surface area contributed by atoms with Gasteiger partial charge in [-0.05, 0) is 13.0 Å². The first-order valence-electron chi connectivity index (χ1n) is 5.68. The van der Waals surface area contributed by atoms with Crippen molar-refractivity contribution in [2.75, 3.05) is 0 Å². The van der Waals surface area contributed by atoms with Gasteiger partial charge in [-0.25, -0.2) is 0 Å². The number of alkyl halides is 1. The fourth-order valence-electron chi connectivity index (χ4n) is 1.80. The minimum atomic E-state index is 0.295. The second-order valence-electron chi connectivity index (χ2n) is 4.12. The molecule has 0 bridgehead atoms. The van der Waals surface area contributed by atoms with Crippen LogP contribution in [0.1, 0.15) is 17.0 Å². The second kappa shape index (κ2) is 6.04. The van der Waals surface area contributed by atoms with Crippen LogP contribution in [0.15, 0.2) is 18.2 Å². The lowest BCUT2D eigenvalue weighted by molar-refractivity contribution is 0.293. The van der Waals surface area contributed by atoms with E-state index in [0.29, 0.717) is 28.3 Å². The summed E-state index contributed by atoms with van der Waals surface area (Å²) in [5.74, 6) is 0.933. The van der Waals surface area contributed by atoms with Crippen LogP contribution in [-0.2, 0) is 19.5 Å². The Bertz CT molecular complexity index is 596. The molecule has 0 atom stereocenters. The van der Waals surface area contributed by atoms with Crippen molar-refractivity contribution in [2.24, 2.45) is 7.05 Å². The Labute approximate surface area is 127 Å². The normalized spacial score (nSPS) is 10.8. The maximum absolute atomic E-state index is 6.17. The molecule has 2 rings (SSSR count). The SMILES string of the molecule is Cc1nn(C)c(COc2c(Cl)cccc2CCl)c1Cl. The number of ether oxygens (including phenoxy) is 1. The smallest absolute Gasteiger partial charge is 0.142 e. The van der Waals surface area contributed by atoms with Crippen molar-refractivity contribution in [3.63, 3.8) is 0 Å². The third-order valence-corrected chi connectivity index (χ3v) is 3.88. The molecule has 0 saturated carbocycles. The van der Waals surface area contributed by atoms with E-state index in [1.165, 1.54) is 0 Å². The van der Waals surface area contributed by atoms with Gasteiger partial charge in [-0.15, -0.1) is 11.6 Å². The number of rotatable bonds is 4. The van der Waals surface area contributed by atoms with Crippen molar-refractivity contribution < 1.29 is 4.74 Å². The first-order chi connectivity index (χ1) is 9.04. The largest absolute Gasteiger partial charge is 0.485 e. The van der Waals surface area contributed by atoms with E-state index < -0.39 is 0 Å². The molecule has 19 heavy (non-hydrogen) atoms. The molecule has 102 valence electrons. The Balaban J connectivity index is 2.24. The van der Waals surface area contributed by atoms with Gasteiger partial charge < -0.3 is 4.74 Å². The molecule has 1 heterocycles. The number of aromatic nitrogens is 2. The Morgan fingerprint density at radius 3 is 2.63 bits per heavy atom. The van der Waals surface area contributed by atoms with Gasteiger partial charge in [-0.1, -0.05) is 35.3 Å². The number of halogens is 3. The molecule has 1 aromatic carbocycles. The van der Waals surface area contributed by atoms with Gasteiger partial charge in [-0.3, -0.25) is 4.68 Å². The highest BCUT2D eigenvalue weighted by molar-refractivity contribution is 6.32. The second-order valence-corrected chi connectivity index (χ2v) is 5.17. The summed E-state index contributed by atoms with van der Waals surface area (Å²) >= 11 is 18.2. The quantitative estimate of drug-likeness (QED) is 0.783. The van der Waals surface area contributed by atoms with Crippen molar-refractivity contribution >= 4 is 34.8 Å². The van der Waals surface area contributed by atoms with Crippen LogP contribution in [0.5, 0.6) is 5.75 Å². The molecule has 0 aliphatic rings. The highest BCUT2D eigenvalue weighted by Gasteiger charge is 2.14. The molecule has 3 nitrogen and oxygen atoms in total. The Hall–Kier alpha value is -0.900. The summed E-state index contributed by atoms with van der Waals surface area (Å²) in [6, 6.07) is 5.49. The van der Waals surface area contributed by atoms with E-state index in [1.807, 2.05) is 26.1 Å². The molecular formula is C13H13Cl3N2O. The molecule has 0 unspecified atom stereocenters. The Morgan fingerprint density at radius 2 is 2.05 bits per heavy atom. The molecule has 0 aliphatic carbocycles. The molecule has 0 aliphatic heterocycles. The number of aryl methyl sites for hydroxylation is 2. The molecule has 0 N–H and O–H groups in total. The third-order valence-electron chi connectivity index (χ3n) is 2.81. The topological polar surface area (TPSA) is 27.1 Å². The van der Waals surface area contributed by atoms with Crippen molar-refractivity contribution in [1.82, 2.24) is 9.78 Å². The number of benzene rings is 1. The summed E-state index contributed by atoms with van der Waals surface area (Å²) in [5.41, 5.74) is 2.43. The van der Waals surface area contributed by atoms with Crippen molar-refractivity contribution in [2.45, 2.75) is 19.4 Å². The van der Waals surface area contributed by atoms with Crippen molar-refractivity contribution in [3.8, 4) is 5.75 Å². The zero-order valence-corrected chi connectivity index (χ0v) is 12.9. The average Bonchev–Trinajstić information content (AvgIpc) is 2.62. The molecule has 0 saturated heterocycles. The van der Waals surface area contributed by atoms with Gasteiger partial charge in [0.2, 0.25) is 0 Å². The molecule has 0 spiro atoms. The fraction of sp³-hybridized carbons (Fsp3) is 0.308. The van der Waals surface area contributed by atoms with E-state index in [9.17, 15) is 0 Å². The number of hydrogen-bond acceptors (Lipinski definition) is 2. The van der Waals surface area contributed by atoms with Gasteiger partial charge in [0.15, 0.2) is 0 Å². The summed E-state index contributed by atoms with van der Waals surface area (Å²) in [6.07, 6.45) is 0. The molecule has 6 heteroatoms. The summed E-state index contributed by atoms with van der Waals surface area (Å²) < 4.78 is 7.46. The van der Waals surface area contributed by atoms with Crippen LogP contribution in [0.4, 0.5) is 0 Å². The van der Waals surface area contributed by atoms with Crippen LogP contribution in [0, 0.1) is 6.92 Å². The Morgan fingerprint density at radius 1 is 1.32 bits per heavy atom. The van der Waals surface area contributed by atoms with E-state index >= 15 is 0 Å². The first kappa shape index (κ1) is 14.5. The average molecular weight is 320 g/mol. The number of para-hydroxylation sites is 1. The lowest BCUT2D eigenvalue weighted by Gasteiger charge is -2.12. The van der Waals surface area contributed by atoms with Gasteiger partial charge in [0.05, 0.1) is 27.3 Å². The van der Waals surface area contributed by atoms with Crippen molar-refractivity contribution in [3.05, 3.63) is 45.2 Å². The monoisotopic (exact) mass is 318 g/mol. The fourth-order valence-corrected chi connectivity index (χ4v) is 2.47. The zero-order chi connectivity index (χ0) is 14.0. The highest BCUT2D eigenvalue weighted by atomic mass is 35.5. The summed E-state index contributed by atoms with van der Waals surface area (Å²) in [7, 11) is 1.83. The van der Waals surface area contributed by atoms with Crippen LogP contribution in [-0.4, -0.2) is 9.78 Å². The first-order valence-corrected chi connectivity index (χ1v) is 6.97. The zero-order valence-electron chi connectivity index (χ0n) is 10.6. The van der Waals surface area contributed by atoms with E-state index in [4.69, 9.17) is 39.5 Å². The minimum Gasteiger partial charge on any atom is -0.485 e.